The number of benzene rings is 1. The van der Waals surface area contributed by atoms with E-state index in [0.717, 1.165) is 10.9 Å². The summed E-state index contributed by atoms with van der Waals surface area (Å²) in [6.07, 6.45) is 1.85. The van der Waals surface area contributed by atoms with E-state index in [1.807, 2.05) is 44.3 Å². The Morgan fingerprint density at radius 1 is 1.37 bits per heavy atom. The number of rotatable bonds is 3. The first-order chi connectivity index (χ1) is 9.12. The minimum absolute atomic E-state index is 0.0325. The third kappa shape index (κ3) is 2.83. The van der Waals surface area contributed by atoms with Crippen LogP contribution in [0.1, 0.15) is 13.8 Å². The summed E-state index contributed by atoms with van der Waals surface area (Å²) in [6, 6.07) is 7.91. The van der Waals surface area contributed by atoms with Crippen molar-refractivity contribution in [3.05, 3.63) is 30.5 Å². The van der Waals surface area contributed by atoms with Crippen LogP contribution in [-0.2, 0) is 9.47 Å². The van der Waals surface area contributed by atoms with E-state index in [1.165, 1.54) is 0 Å². The quantitative estimate of drug-likeness (QED) is 0.915. The molecule has 1 unspecified atom stereocenters. The minimum atomic E-state index is -0.489. The van der Waals surface area contributed by atoms with Crippen molar-refractivity contribution >= 4 is 16.9 Å². The predicted molar refractivity (Wildman–Crippen MR) is 72.9 cm³/mol. The lowest BCUT2D eigenvalue weighted by Gasteiger charge is -2.17. The topological polar surface area (TPSA) is 56.3 Å². The van der Waals surface area contributed by atoms with Gasteiger partial charge in [0.2, 0.25) is 5.95 Å². The summed E-state index contributed by atoms with van der Waals surface area (Å²) in [7, 11) is 0. The molecule has 1 aliphatic heterocycles. The van der Waals surface area contributed by atoms with Gasteiger partial charge in [0.1, 0.15) is 6.10 Å². The SMILES string of the molecule is CC1(C)OCC(CNc2ncc3ccccc3n2)O1. The van der Waals surface area contributed by atoms with Crippen molar-refractivity contribution in [2.75, 3.05) is 18.5 Å². The van der Waals surface area contributed by atoms with Crippen molar-refractivity contribution in [3.63, 3.8) is 0 Å². The molecule has 5 heteroatoms. The van der Waals surface area contributed by atoms with E-state index in [0.29, 0.717) is 19.1 Å². The van der Waals surface area contributed by atoms with Crippen LogP contribution in [0.2, 0.25) is 0 Å². The smallest absolute Gasteiger partial charge is 0.223 e. The highest BCUT2D eigenvalue weighted by Crippen LogP contribution is 2.22. The third-order valence-corrected chi connectivity index (χ3v) is 3.04. The number of anilines is 1. The Morgan fingerprint density at radius 3 is 3.00 bits per heavy atom. The fourth-order valence-corrected chi connectivity index (χ4v) is 2.13. The first-order valence-corrected chi connectivity index (χ1v) is 6.40. The van der Waals surface area contributed by atoms with E-state index in [9.17, 15) is 0 Å². The van der Waals surface area contributed by atoms with Crippen LogP contribution in [0, 0.1) is 0 Å². The molecule has 1 atom stereocenters. The van der Waals surface area contributed by atoms with Gasteiger partial charge in [-0.05, 0) is 19.9 Å². The van der Waals surface area contributed by atoms with E-state index < -0.39 is 5.79 Å². The van der Waals surface area contributed by atoms with E-state index in [-0.39, 0.29) is 6.10 Å². The maximum atomic E-state index is 5.72. The Morgan fingerprint density at radius 2 is 2.21 bits per heavy atom. The molecule has 100 valence electrons. The summed E-state index contributed by atoms with van der Waals surface area (Å²) in [5, 5.41) is 4.23. The van der Waals surface area contributed by atoms with Gasteiger partial charge in [-0.1, -0.05) is 18.2 Å². The summed E-state index contributed by atoms with van der Waals surface area (Å²) in [4.78, 5) is 8.74. The zero-order valence-corrected chi connectivity index (χ0v) is 11.1. The number of nitrogens with zero attached hydrogens (tertiary/aromatic N) is 2. The van der Waals surface area contributed by atoms with Gasteiger partial charge in [-0.3, -0.25) is 0 Å². The number of fused-ring (bicyclic) bond motifs is 1. The largest absolute Gasteiger partial charge is 0.352 e. The van der Waals surface area contributed by atoms with Crippen LogP contribution in [0.15, 0.2) is 30.5 Å². The van der Waals surface area contributed by atoms with Crippen molar-refractivity contribution in [1.82, 2.24) is 9.97 Å². The lowest BCUT2D eigenvalue weighted by molar-refractivity contribution is -0.136. The Bertz CT molecular complexity index is 586. The maximum Gasteiger partial charge on any atom is 0.223 e. The lowest BCUT2D eigenvalue weighted by Crippen LogP contribution is -2.26. The standard InChI is InChI=1S/C14H17N3O2/c1-14(2)18-9-11(19-14)8-16-13-15-7-10-5-3-4-6-12(10)17-13/h3-7,11H,8-9H2,1-2H3,(H,15,16,17). The van der Waals surface area contributed by atoms with Crippen molar-refractivity contribution in [2.24, 2.45) is 0 Å². The number of aromatic nitrogens is 2. The summed E-state index contributed by atoms with van der Waals surface area (Å²) < 4.78 is 11.2. The van der Waals surface area contributed by atoms with Gasteiger partial charge in [-0.15, -0.1) is 0 Å². The molecule has 1 aromatic carbocycles. The van der Waals surface area contributed by atoms with Crippen LogP contribution in [-0.4, -0.2) is 35.0 Å². The Kier molecular flexibility index (Phi) is 3.08. The third-order valence-electron chi connectivity index (χ3n) is 3.04. The Labute approximate surface area is 112 Å². The van der Waals surface area contributed by atoms with Gasteiger partial charge >= 0.3 is 0 Å². The molecular formula is C14H17N3O2. The number of ether oxygens (including phenoxy) is 2. The molecule has 0 radical (unpaired) electrons. The van der Waals surface area contributed by atoms with Gasteiger partial charge in [0.15, 0.2) is 5.79 Å². The minimum Gasteiger partial charge on any atom is -0.352 e. The molecule has 1 saturated heterocycles. The highest BCUT2D eigenvalue weighted by atomic mass is 16.7. The zero-order chi connectivity index (χ0) is 13.3. The van der Waals surface area contributed by atoms with Crippen LogP contribution < -0.4 is 5.32 Å². The number of hydrogen-bond donors (Lipinski definition) is 1. The van der Waals surface area contributed by atoms with Crippen LogP contribution in [0.25, 0.3) is 10.9 Å². The van der Waals surface area contributed by atoms with Crippen LogP contribution in [0.4, 0.5) is 5.95 Å². The first-order valence-electron chi connectivity index (χ1n) is 6.40. The Hall–Kier alpha value is -1.72. The Balaban J connectivity index is 1.66. The highest BCUT2D eigenvalue weighted by Gasteiger charge is 2.32. The second-order valence-corrected chi connectivity index (χ2v) is 5.08. The molecule has 1 aliphatic rings. The molecule has 0 saturated carbocycles. The average Bonchev–Trinajstić information content (AvgIpc) is 2.76. The van der Waals surface area contributed by atoms with E-state index in [1.54, 1.807) is 0 Å². The summed E-state index contributed by atoms with van der Waals surface area (Å²) in [5.41, 5.74) is 0.934. The van der Waals surface area contributed by atoms with Gasteiger partial charge in [0, 0.05) is 18.1 Å². The number of hydrogen-bond acceptors (Lipinski definition) is 5. The molecule has 19 heavy (non-hydrogen) atoms. The summed E-state index contributed by atoms with van der Waals surface area (Å²) in [5.74, 6) is 0.128. The molecular weight excluding hydrogens is 242 g/mol. The molecule has 0 aliphatic carbocycles. The van der Waals surface area contributed by atoms with Crippen molar-refractivity contribution in [1.29, 1.82) is 0 Å². The van der Waals surface area contributed by atoms with E-state index in [2.05, 4.69) is 15.3 Å². The molecule has 0 bridgehead atoms. The van der Waals surface area contributed by atoms with E-state index in [4.69, 9.17) is 9.47 Å². The molecule has 5 nitrogen and oxygen atoms in total. The normalized spacial score (nSPS) is 21.7. The van der Waals surface area contributed by atoms with Crippen LogP contribution >= 0.6 is 0 Å². The van der Waals surface area contributed by atoms with Crippen molar-refractivity contribution < 1.29 is 9.47 Å². The van der Waals surface area contributed by atoms with Crippen molar-refractivity contribution in [3.8, 4) is 0 Å². The molecule has 2 heterocycles. The van der Waals surface area contributed by atoms with Gasteiger partial charge in [-0.2, -0.15) is 0 Å². The molecule has 1 N–H and O–H groups in total. The monoisotopic (exact) mass is 259 g/mol. The predicted octanol–water partition coefficient (Wildman–Crippen LogP) is 2.19. The van der Waals surface area contributed by atoms with Crippen LogP contribution in [0.3, 0.4) is 0 Å². The van der Waals surface area contributed by atoms with Crippen LogP contribution in [0.5, 0.6) is 0 Å². The van der Waals surface area contributed by atoms with Gasteiger partial charge in [0.05, 0.1) is 12.1 Å². The highest BCUT2D eigenvalue weighted by molar-refractivity contribution is 5.78. The van der Waals surface area contributed by atoms with Gasteiger partial charge in [-0.25, -0.2) is 9.97 Å². The second-order valence-electron chi connectivity index (χ2n) is 5.08. The molecule has 0 amide bonds. The average molecular weight is 259 g/mol. The second kappa shape index (κ2) is 4.75. The number of para-hydroxylation sites is 1. The summed E-state index contributed by atoms with van der Waals surface area (Å²) >= 11 is 0. The summed E-state index contributed by atoms with van der Waals surface area (Å²) in [6.45, 7) is 5.06. The maximum absolute atomic E-state index is 5.72. The zero-order valence-electron chi connectivity index (χ0n) is 11.1. The van der Waals surface area contributed by atoms with Crippen molar-refractivity contribution in [2.45, 2.75) is 25.7 Å². The lowest BCUT2D eigenvalue weighted by atomic mass is 10.2. The molecule has 1 fully saturated rings. The van der Waals surface area contributed by atoms with Gasteiger partial charge in [0.25, 0.3) is 0 Å². The fourth-order valence-electron chi connectivity index (χ4n) is 2.13. The molecule has 0 spiro atoms. The molecule has 1 aromatic heterocycles. The van der Waals surface area contributed by atoms with Gasteiger partial charge < -0.3 is 14.8 Å². The van der Waals surface area contributed by atoms with E-state index >= 15 is 0 Å². The molecule has 3 rings (SSSR count). The fraction of sp³-hybridized carbons (Fsp3) is 0.429. The first kappa shape index (κ1) is 12.3. The molecule has 2 aromatic rings. The number of nitrogens with one attached hydrogen (secondary N) is 1.